The SMILES string of the molecule is CNc1cc(Cl)cnc1C=O. The number of hydrogen-bond donors (Lipinski definition) is 1. The molecule has 0 aliphatic carbocycles. The minimum Gasteiger partial charge on any atom is -0.386 e. The van der Waals surface area contributed by atoms with Crippen molar-refractivity contribution in [1.82, 2.24) is 4.98 Å². The zero-order chi connectivity index (χ0) is 8.27. The van der Waals surface area contributed by atoms with Crippen molar-refractivity contribution >= 4 is 23.6 Å². The third-order valence-corrected chi connectivity index (χ3v) is 1.47. The van der Waals surface area contributed by atoms with E-state index < -0.39 is 0 Å². The normalized spacial score (nSPS) is 9.27. The third-order valence-electron chi connectivity index (χ3n) is 1.27. The minimum atomic E-state index is 0.372. The van der Waals surface area contributed by atoms with Crippen LogP contribution in [0.3, 0.4) is 0 Å². The van der Waals surface area contributed by atoms with Crippen molar-refractivity contribution in [3.63, 3.8) is 0 Å². The molecule has 0 bridgehead atoms. The smallest absolute Gasteiger partial charge is 0.170 e. The van der Waals surface area contributed by atoms with Crippen molar-refractivity contribution < 1.29 is 4.79 Å². The van der Waals surface area contributed by atoms with E-state index >= 15 is 0 Å². The zero-order valence-electron chi connectivity index (χ0n) is 5.97. The molecule has 1 aromatic rings. The number of rotatable bonds is 2. The number of nitrogens with one attached hydrogen (secondary N) is 1. The summed E-state index contributed by atoms with van der Waals surface area (Å²) in [5.74, 6) is 0. The van der Waals surface area contributed by atoms with Gasteiger partial charge in [-0.05, 0) is 6.07 Å². The van der Waals surface area contributed by atoms with E-state index in [1.807, 2.05) is 0 Å². The first-order valence-corrected chi connectivity index (χ1v) is 3.44. The van der Waals surface area contributed by atoms with Gasteiger partial charge in [-0.15, -0.1) is 0 Å². The van der Waals surface area contributed by atoms with Crippen LogP contribution in [0.4, 0.5) is 5.69 Å². The van der Waals surface area contributed by atoms with Crippen LogP contribution < -0.4 is 5.32 Å². The Morgan fingerprint density at radius 2 is 2.45 bits per heavy atom. The summed E-state index contributed by atoms with van der Waals surface area (Å²) in [6, 6.07) is 1.65. The van der Waals surface area contributed by atoms with Gasteiger partial charge in [-0.1, -0.05) is 11.6 Å². The lowest BCUT2D eigenvalue weighted by Gasteiger charge is -2.01. The van der Waals surface area contributed by atoms with E-state index in [0.29, 0.717) is 22.7 Å². The molecule has 0 aliphatic heterocycles. The minimum absolute atomic E-state index is 0.372. The van der Waals surface area contributed by atoms with Crippen LogP contribution in [0.1, 0.15) is 10.5 Å². The second kappa shape index (κ2) is 3.34. The molecule has 1 rings (SSSR count). The molecule has 0 amide bonds. The summed E-state index contributed by atoms with van der Waals surface area (Å²) in [5.41, 5.74) is 1.02. The maximum atomic E-state index is 10.4. The van der Waals surface area contributed by atoms with Crippen molar-refractivity contribution in [1.29, 1.82) is 0 Å². The molecule has 11 heavy (non-hydrogen) atoms. The third kappa shape index (κ3) is 1.68. The first kappa shape index (κ1) is 8.01. The van der Waals surface area contributed by atoms with Gasteiger partial charge in [0.15, 0.2) is 6.29 Å². The maximum Gasteiger partial charge on any atom is 0.170 e. The van der Waals surface area contributed by atoms with Crippen molar-refractivity contribution in [2.75, 3.05) is 12.4 Å². The topological polar surface area (TPSA) is 42.0 Å². The molecule has 1 N–H and O–H groups in total. The first-order valence-electron chi connectivity index (χ1n) is 3.06. The fourth-order valence-electron chi connectivity index (χ4n) is 0.744. The molecule has 1 heterocycles. The Kier molecular flexibility index (Phi) is 2.44. The van der Waals surface area contributed by atoms with Gasteiger partial charge in [0.1, 0.15) is 5.69 Å². The number of aldehydes is 1. The largest absolute Gasteiger partial charge is 0.386 e. The number of pyridine rings is 1. The Balaban J connectivity index is 3.16. The number of anilines is 1. The summed E-state index contributed by atoms with van der Waals surface area (Å²) < 4.78 is 0. The van der Waals surface area contributed by atoms with E-state index in [4.69, 9.17) is 11.6 Å². The molecule has 1 aromatic heterocycles. The molecular weight excluding hydrogens is 164 g/mol. The Morgan fingerprint density at radius 1 is 1.73 bits per heavy atom. The second-order valence-corrected chi connectivity index (χ2v) is 2.39. The fraction of sp³-hybridized carbons (Fsp3) is 0.143. The number of halogens is 1. The highest BCUT2D eigenvalue weighted by Crippen LogP contribution is 2.15. The van der Waals surface area contributed by atoms with Gasteiger partial charge in [0.25, 0.3) is 0 Å². The summed E-state index contributed by atoms with van der Waals surface area (Å²) in [6.45, 7) is 0. The van der Waals surface area contributed by atoms with Gasteiger partial charge >= 0.3 is 0 Å². The zero-order valence-corrected chi connectivity index (χ0v) is 6.72. The van der Waals surface area contributed by atoms with Crippen molar-refractivity contribution in [2.45, 2.75) is 0 Å². The van der Waals surface area contributed by atoms with E-state index in [1.165, 1.54) is 6.20 Å². The van der Waals surface area contributed by atoms with E-state index in [2.05, 4.69) is 10.3 Å². The first-order chi connectivity index (χ1) is 5.27. The maximum absolute atomic E-state index is 10.4. The van der Waals surface area contributed by atoms with E-state index in [-0.39, 0.29) is 0 Å². The highest BCUT2D eigenvalue weighted by molar-refractivity contribution is 6.30. The lowest BCUT2D eigenvalue weighted by atomic mass is 10.3. The average Bonchev–Trinajstić information content (AvgIpc) is 2.04. The molecule has 0 saturated heterocycles. The lowest BCUT2D eigenvalue weighted by molar-refractivity contribution is 0.112. The Labute approximate surface area is 69.4 Å². The Hall–Kier alpha value is -1.09. The van der Waals surface area contributed by atoms with Crippen LogP contribution in [0.25, 0.3) is 0 Å². The monoisotopic (exact) mass is 170 g/mol. The highest BCUT2D eigenvalue weighted by Gasteiger charge is 2.00. The molecule has 3 nitrogen and oxygen atoms in total. The van der Waals surface area contributed by atoms with Gasteiger partial charge in [0, 0.05) is 13.2 Å². The fourth-order valence-corrected chi connectivity index (χ4v) is 0.902. The van der Waals surface area contributed by atoms with Crippen LogP contribution in [-0.4, -0.2) is 18.3 Å². The predicted octanol–water partition coefficient (Wildman–Crippen LogP) is 1.59. The van der Waals surface area contributed by atoms with Crippen LogP contribution in [0, 0.1) is 0 Å². The highest BCUT2D eigenvalue weighted by atomic mass is 35.5. The van der Waals surface area contributed by atoms with Crippen molar-refractivity contribution in [2.24, 2.45) is 0 Å². The molecule has 0 fully saturated rings. The van der Waals surface area contributed by atoms with Crippen LogP contribution in [0.2, 0.25) is 5.02 Å². The van der Waals surface area contributed by atoms with E-state index in [9.17, 15) is 4.79 Å². The Morgan fingerprint density at radius 3 is 3.00 bits per heavy atom. The van der Waals surface area contributed by atoms with Crippen LogP contribution in [0.15, 0.2) is 12.3 Å². The standard InChI is InChI=1S/C7H7ClN2O/c1-9-6-2-5(8)3-10-7(6)4-11/h2-4,9H,1H3. The van der Waals surface area contributed by atoms with Gasteiger partial charge < -0.3 is 5.32 Å². The second-order valence-electron chi connectivity index (χ2n) is 1.95. The van der Waals surface area contributed by atoms with Crippen LogP contribution >= 0.6 is 11.6 Å². The Bertz CT molecular complexity index is 275. The molecule has 4 heteroatoms. The van der Waals surface area contributed by atoms with Gasteiger partial charge in [-0.25, -0.2) is 4.98 Å². The number of carbonyl (C=O) groups is 1. The number of hydrogen-bond acceptors (Lipinski definition) is 3. The van der Waals surface area contributed by atoms with Gasteiger partial charge in [0.2, 0.25) is 0 Å². The average molecular weight is 171 g/mol. The molecule has 0 unspecified atom stereocenters. The number of aromatic nitrogens is 1. The predicted molar refractivity (Wildman–Crippen MR) is 44.2 cm³/mol. The van der Waals surface area contributed by atoms with Crippen molar-refractivity contribution in [3.05, 3.63) is 23.0 Å². The summed E-state index contributed by atoms with van der Waals surface area (Å²) in [6.07, 6.45) is 2.12. The van der Waals surface area contributed by atoms with Gasteiger partial charge in [0.05, 0.1) is 10.7 Å². The number of nitrogens with zero attached hydrogens (tertiary/aromatic N) is 1. The summed E-state index contributed by atoms with van der Waals surface area (Å²) in [7, 11) is 1.71. The summed E-state index contributed by atoms with van der Waals surface area (Å²) in [5, 5.41) is 3.32. The van der Waals surface area contributed by atoms with Gasteiger partial charge in [-0.2, -0.15) is 0 Å². The van der Waals surface area contributed by atoms with Crippen LogP contribution in [-0.2, 0) is 0 Å². The lowest BCUT2D eigenvalue weighted by Crippen LogP contribution is -1.96. The van der Waals surface area contributed by atoms with Gasteiger partial charge in [-0.3, -0.25) is 4.79 Å². The summed E-state index contributed by atoms with van der Waals surface area (Å²) >= 11 is 5.63. The molecular formula is C7H7ClN2O. The quantitative estimate of drug-likeness (QED) is 0.686. The molecule has 0 spiro atoms. The summed E-state index contributed by atoms with van der Waals surface area (Å²) in [4.78, 5) is 14.2. The molecule has 0 atom stereocenters. The molecule has 0 saturated carbocycles. The molecule has 58 valence electrons. The molecule has 0 aliphatic rings. The van der Waals surface area contributed by atoms with E-state index in [0.717, 1.165) is 0 Å². The molecule has 0 aromatic carbocycles. The van der Waals surface area contributed by atoms with Crippen molar-refractivity contribution in [3.8, 4) is 0 Å². The van der Waals surface area contributed by atoms with Crippen LogP contribution in [0.5, 0.6) is 0 Å². The molecule has 0 radical (unpaired) electrons. The van der Waals surface area contributed by atoms with E-state index in [1.54, 1.807) is 13.1 Å². The number of carbonyl (C=O) groups excluding carboxylic acids is 1.